The summed E-state index contributed by atoms with van der Waals surface area (Å²) in [6.45, 7) is 4.15. The average Bonchev–Trinajstić information content (AvgIpc) is 2.48. The molecule has 21 heavy (non-hydrogen) atoms. The van der Waals surface area contributed by atoms with Gasteiger partial charge in [-0.25, -0.2) is 24.7 Å². The van der Waals surface area contributed by atoms with Crippen molar-refractivity contribution in [3.05, 3.63) is 36.3 Å². The van der Waals surface area contributed by atoms with E-state index in [2.05, 4.69) is 39.1 Å². The lowest BCUT2D eigenvalue weighted by Crippen LogP contribution is -2.12. The van der Waals surface area contributed by atoms with Gasteiger partial charge in [-0.2, -0.15) is 0 Å². The molecule has 7 heteroatoms. The number of esters is 1. The van der Waals surface area contributed by atoms with E-state index in [9.17, 15) is 4.79 Å². The van der Waals surface area contributed by atoms with E-state index in [1.54, 1.807) is 18.6 Å². The van der Waals surface area contributed by atoms with Gasteiger partial charge in [0.15, 0.2) is 11.5 Å². The summed E-state index contributed by atoms with van der Waals surface area (Å²) in [6, 6.07) is 0. The van der Waals surface area contributed by atoms with Gasteiger partial charge in [0.05, 0.1) is 37.1 Å². The second-order valence-electron chi connectivity index (χ2n) is 4.90. The molecule has 110 valence electrons. The Bertz CT molecular complexity index is 616. The molecule has 2 aromatic heterocycles. The zero-order valence-electron chi connectivity index (χ0n) is 12.2. The number of aromatic nitrogens is 4. The molecule has 0 aromatic carbocycles. The lowest BCUT2D eigenvalue weighted by molar-refractivity contribution is 0.0594. The van der Waals surface area contributed by atoms with Gasteiger partial charge < -0.3 is 10.1 Å². The Morgan fingerprint density at radius 3 is 2.62 bits per heavy atom. The molecule has 0 unspecified atom stereocenters. The third kappa shape index (κ3) is 3.95. The smallest absolute Gasteiger partial charge is 0.360 e. The second kappa shape index (κ2) is 6.74. The van der Waals surface area contributed by atoms with E-state index in [0.717, 1.165) is 12.1 Å². The molecule has 0 saturated carbocycles. The summed E-state index contributed by atoms with van der Waals surface area (Å²) in [4.78, 5) is 28.3. The predicted octanol–water partition coefficient (Wildman–Crippen LogP) is 2.00. The zero-order chi connectivity index (χ0) is 15.2. The van der Waals surface area contributed by atoms with E-state index >= 15 is 0 Å². The summed E-state index contributed by atoms with van der Waals surface area (Å²) in [7, 11) is 1.31. The SMILES string of the molecule is COC(=O)c1nc(CC(C)C)cnc1Nc1cncnc1. The summed E-state index contributed by atoms with van der Waals surface area (Å²) in [5, 5.41) is 2.97. The van der Waals surface area contributed by atoms with E-state index in [4.69, 9.17) is 4.74 Å². The highest BCUT2D eigenvalue weighted by molar-refractivity contribution is 5.93. The number of methoxy groups -OCH3 is 1. The van der Waals surface area contributed by atoms with Crippen LogP contribution >= 0.6 is 0 Å². The number of carbonyl (C=O) groups excluding carboxylic acids is 1. The third-order valence-corrected chi connectivity index (χ3v) is 2.64. The van der Waals surface area contributed by atoms with Crippen molar-refractivity contribution in [3.63, 3.8) is 0 Å². The molecule has 0 fully saturated rings. The number of nitrogens with zero attached hydrogens (tertiary/aromatic N) is 4. The van der Waals surface area contributed by atoms with Crippen LogP contribution in [0, 0.1) is 5.92 Å². The molecule has 7 nitrogen and oxygen atoms in total. The first-order valence-electron chi connectivity index (χ1n) is 6.56. The number of ether oxygens (including phenoxy) is 1. The van der Waals surface area contributed by atoms with Crippen LogP contribution in [0.1, 0.15) is 30.0 Å². The van der Waals surface area contributed by atoms with Crippen molar-refractivity contribution >= 4 is 17.5 Å². The van der Waals surface area contributed by atoms with Crippen LogP contribution in [0.5, 0.6) is 0 Å². The Labute approximate surface area is 122 Å². The van der Waals surface area contributed by atoms with Gasteiger partial charge in [0, 0.05) is 0 Å². The van der Waals surface area contributed by atoms with Crippen molar-refractivity contribution in [2.24, 2.45) is 5.92 Å². The van der Waals surface area contributed by atoms with Crippen molar-refractivity contribution in [2.75, 3.05) is 12.4 Å². The van der Waals surface area contributed by atoms with Crippen LogP contribution in [0.2, 0.25) is 0 Å². The Morgan fingerprint density at radius 2 is 2.00 bits per heavy atom. The highest BCUT2D eigenvalue weighted by atomic mass is 16.5. The highest BCUT2D eigenvalue weighted by Gasteiger charge is 2.17. The number of hydrogen-bond donors (Lipinski definition) is 1. The second-order valence-corrected chi connectivity index (χ2v) is 4.90. The first kappa shape index (κ1) is 14.8. The van der Waals surface area contributed by atoms with Crippen molar-refractivity contribution in [1.29, 1.82) is 0 Å². The predicted molar refractivity (Wildman–Crippen MR) is 77.2 cm³/mol. The molecule has 0 radical (unpaired) electrons. The summed E-state index contributed by atoms with van der Waals surface area (Å²) < 4.78 is 4.76. The molecule has 1 N–H and O–H groups in total. The lowest BCUT2D eigenvalue weighted by Gasteiger charge is -2.11. The van der Waals surface area contributed by atoms with Gasteiger partial charge in [-0.3, -0.25) is 0 Å². The van der Waals surface area contributed by atoms with E-state index in [1.165, 1.54) is 13.4 Å². The van der Waals surface area contributed by atoms with Crippen LogP contribution in [-0.4, -0.2) is 33.0 Å². The van der Waals surface area contributed by atoms with Crippen LogP contribution in [0.3, 0.4) is 0 Å². The van der Waals surface area contributed by atoms with Gasteiger partial charge in [0.25, 0.3) is 0 Å². The monoisotopic (exact) mass is 287 g/mol. The van der Waals surface area contributed by atoms with Gasteiger partial charge in [-0.15, -0.1) is 0 Å². The van der Waals surface area contributed by atoms with Gasteiger partial charge in [0.2, 0.25) is 0 Å². The molecule has 2 heterocycles. The van der Waals surface area contributed by atoms with Crippen molar-refractivity contribution in [1.82, 2.24) is 19.9 Å². The maximum Gasteiger partial charge on any atom is 0.360 e. The maximum atomic E-state index is 11.9. The molecule has 0 atom stereocenters. The molecule has 2 aromatic rings. The maximum absolute atomic E-state index is 11.9. The highest BCUT2D eigenvalue weighted by Crippen LogP contribution is 2.18. The lowest BCUT2D eigenvalue weighted by atomic mass is 10.1. The Hall–Kier alpha value is -2.57. The van der Waals surface area contributed by atoms with Crippen molar-refractivity contribution in [3.8, 4) is 0 Å². The third-order valence-electron chi connectivity index (χ3n) is 2.64. The van der Waals surface area contributed by atoms with Gasteiger partial charge in [-0.1, -0.05) is 13.8 Å². The summed E-state index contributed by atoms with van der Waals surface area (Å²) in [6.07, 6.45) is 6.98. The number of nitrogens with one attached hydrogen (secondary N) is 1. The minimum absolute atomic E-state index is 0.152. The molecule has 0 aliphatic rings. The van der Waals surface area contributed by atoms with E-state index in [1.807, 2.05) is 0 Å². The summed E-state index contributed by atoms with van der Waals surface area (Å²) in [5.41, 5.74) is 1.52. The average molecular weight is 287 g/mol. The van der Waals surface area contributed by atoms with Crippen LogP contribution in [-0.2, 0) is 11.2 Å². The van der Waals surface area contributed by atoms with Crippen LogP contribution < -0.4 is 5.32 Å². The quantitative estimate of drug-likeness (QED) is 0.841. The molecule has 2 rings (SSSR count). The largest absolute Gasteiger partial charge is 0.464 e. The Balaban J connectivity index is 2.33. The van der Waals surface area contributed by atoms with Crippen molar-refractivity contribution < 1.29 is 9.53 Å². The normalized spacial score (nSPS) is 10.5. The van der Waals surface area contributed by atoms with Gasteiger partial charge in [-0.05, 0) is 12.3 Å². The molecular formula is C14H17N5O2. The van der Waals surface area contributed by atoms with E-state index in [0.29, 0.717) is 17.4 Å². The van der Waals surface area contributed by atoms with Crippen LogP contribution in [0.25, 0.3) is 0 Å². The van der Waals surface area contributed by atoms with E-state index in [-0.39, 0.29) is 5.69 Å². The molecular weight excluding hydrogens is 270 g/mol. The Kier molecular flexibility index (Phi) is 4.76. The standard InChI is InChI=1S/C14H17N5O2/c1-9(2)4-10-7-17-13(12(18-10)14(20)21-3)19-11-5-15-8-16-6-11/h5-9H,4H2,1-3H3,(H,17,19). The molecule has 0 aliphatic heterocycles. The fourth-order valence-corrected chi connectivity index (χ4v) is 1.77. The molecule has 0 amide bonds. The molecule has 0 saturated heterocycles. The molecule has 0 bridgehead atoms. The minimum Gasteiger partial charge on any atom is -0.464 e. The zero-order valence-corrected chi connectivity index (χ0v) is 12.2. The number of carbonyl (C=O) groups is 1. The first-order chi connectivity index (χ1) is 10.1. The molecule has 0 aliphatic carbocycles. The van der Waals surface area contributed by atoms with Gasteiger partial charge >= 0.3 is 5.97 Å². The summed E-state index contributed by atoms with van der Waals surface area (Å²) in [5.74, 6) is 0.211. The Morgan fingerprint density at radius 1 is 1.29 bits per heavy atom. The molecule has 0 spiro atoms. The number of anilines is 2. The van der Waals surface area contributed by atoms with Crippen LogP contribution in [0.15, 0.2) is 24.9 Å². The van der Waals surface area contributed by atoms with Crippen molar-refractivity contribution in [2.45, 2.75) is 20.3 Å². The van der Waals surface area contributed by atoms with Crippen LogP contribution in [0.4, 0.5) is 11.5 Å². The fourth-order valence-electron chi connectivity index (χ4n) is 1.77. The summed E-state index contributed by atoms with van der Waals surface area (Å²) >= 11 is 0. The first-order valence-corrected chi connectivity index (χ1v) is 6.56. The van der Waals surface area contributed by atoms with Gasteiger partial charge in [0.1, 0.15) is 6.33 Å². The van der Waals surface area contributed by atoms with E-state index < -0.39 is 5.97 Å². The number of hydrogen-bond acceptors (Lipinski definition) is 7. The number of rotatable bonds is 5. The topological polar surface area (TPSA) is 89.9 Å². The minimum atomic E-state index is -0.535. The fraction of sp³-hybridized carbons (Fsp3) is 0.357.